The predicted octanol–water partition coefficient (Wildman–Crippen LogP) is 2.95. The molecule has 0 saturated heterocycles. The van der Waals surface area contributed by atoms with E-state index in [9.17, 15) is 13.4 Å². The highest BCUT2D eigenvalue weighted by atomic mass is 32.2. The summed E-state index contributed by atoms with van der Waals surface area (Å²) < 4.78 is 39.5. The van der Waals surface area contributed by atoms with E-state index >= 15 is 0 Å². The fourth-order valence-corrected chi connectivity index (χ4v) is 5.33. The molecule has 3 heterocycles. The Hall–Kier alpha value is -2.77. The van der Waals surface area contributed by atoms with Crippen LogP contribution in [0, 0.1) is 28.0 Å². The first-order valence-corrected chi connectivity index (χ1v) is 10.8. The number of nitriles is 1. The number of rotatable bonds is 4. The average molecular weight is 418 g/mol. The Bertz CT molecular complexity index is 1100. The maximum absolute atomic E-state index is 13.6. The first kappa shape index (κ1) is 21.0. The lowest BCUT2D eigenvalue weighted by Crippen LogP contribution is -2.37. The number of fused-ring (bicyclic) bond motifs is 1. The molecule has 29 heavy (non-hydrogen) atoms. The molecule has 3 atom stereocenters. The van der Waals surface area contributed by atoms with Crippen LogP contribution in [0.3, 0.4) is 0 Å². The molecule has 1 aliphatic heterocycles. The number of nitrogens with one attached hydrogen (secondary N) is 3. The number of halogens is 1. The summed E-state index contributed by atoms with van der Waals surface area (Å²) in [4.78, 5) is 16.7. The summed E-state index contributed by atoms with van der Waals surface area (Å²) >= 11 is 0. The van der Waals surface area contributed by atoms with E-state index in [0.29, 0.717) is 23.3 Å². The van der Waals surface area contributed by atoms with Gasteiger partial charge in [-0.15, -0.1) is 0 Å². The molecule has 1 amide bonds. The number of nitrogens with zero attached hydrogens (tertiary/aromatic N) is 3. The minimum absolute atomic E-state index is 0.0916. The van der Waals surface area contributed by atoms with E-state index in [2.05, 4.69) is 15.0 Å². The zero-order chi connectivity index (χ0) is 21.3. The summed E-state index contributed by atoms with van der Waals surface area (Å²) in [5.41, 5.74) is 0.770. The zero-order valence-corrected chi connectivity index (χ0v) is 17.3. The Morgan fingerprint density at radius 3 is 2.97 bits per heavy atom. The van der Waals surface area contributed by atoms with Gasteiger partial charge in [-0.25, -0.2) is 18.7 Å². The molecule has 0 radical (unpaired) electrons. The molecule has 2 aromatic rings. The lowest BCUT2D eigenvalue weighted by atomic mass is 9.94. The highest BCUT2D eigenvalue weighted by Crippen LogP contribution is 2.30. The van der Waals surface area contributed by atoms with Gasteiger partial charge in [0, 0.05) is 36.6 Å². The molecular formula is C19H23FN6O2S. The van der Waals surface area contributed by atoms with Crippen molar-refractivity contribution in [2.75, 3.05) is 5.32 Å². The number of aryl methyl sites for hydroxylation is 1. The first-order valence-electron chi connectivity index (χ1n) is 9.29. The molecule has 0 aliphatic carbocycles. The van der Waals surface area contributed by atoms with E-state index in [-0.39, 0.29) is 29.0 Å². The summed E-state index contributed by atoms with van der Waals surface area (Å²) in [6, 6.07) is 3.94. The number of aromatic nitrogens is 2. The Kier molecular flexibility index (Phi) is 5.73. The van der Waals surface area contributed by atoms with Crippen molar-refractivity contribution >= 4 is 21.5 Å². The number of carbonyl (C=O) groups is 1. The summed E-state index contributed by atoms with van der Waals surface area (Å²) in [6.07, 6.45) is 3.56. The van der Waals surface area contributed by atoms with Crippen molar-refractivity contribution in [2.24, 2.45) is 13.0 Å². The maximum Gasteiger partial charge on any atom is 0.272 e. The van der Waals surface area contributed by atoms with Crippen LogP contribution in [0.25, 0.3) is 0 Å². The van der Waals surface area contributed by atoms with Crippen molar-refractivity contribution in [2.45, 2.75) is 44.0 Å². The van der Waals surface area contributed by atoms with Gasteiger partial charge in [-0.05, 0) is 24.8 Å². The summed E-state index contributed by atoms with van der Waals surface area (Å²) in [6.45, 7) is 4.08. The van der Waals surface area contributed by atoms with E-state index in [0.717, 1.165) is 12.5 Å². The second-order valence-electron chi connectivity index (χ2n) is 7.27. The third kappa shape index (κ3) is 4.16. The molecule has 3 rings (SSSR count). The molecule has 0 spiro atoms. The summed E-state index contributed by atoms with van der Waals surface area (Å²) in [5.74, 6) is -1.17. The number of hydrogen-bond donors (Lipinski definition) is 3. The Balaban J connectivity index is 1.97. The van der Waals surface area contributed by atoms with Crippen LogP contribution < -0.4 is 10.0 Å². The number of anilines is 1. The lowest BCUT2D eigenvalue weighted by Gasteiger charge is -2.22. The minimum atomic E-state index is -3.27. The lowest BCUT2D eigenvalue weighted by molar-refractivity contribution is 0.101. The van der Waals surface area contributed by atoms with Crippen LogP contribution >= 0.6 is 0 Å². The van der Waals surface area contributed by atoms with Gasteiger partial charge in [-0.2, -0.15) is 9.65 Å². The van der Waals surface area contributed by atoms with Crippen molar-refractivity contribution in [3.05, 3.63) is 41.2 Å². The molecular weight excluding hydrogens is 395 g/mol. The fraction of sp³-hybridized carbons (Fsp3) is 0.421. The van der Waals surface area contributed by atoms with Gasteiger partial charge < -0.3 is 9.88 Å². The molecule has 1 unspecified atom stereocenters. The second kappa shape index (κ2) is 7.93. The summed E-state index contributed by atoms with van der Waals surface area (Å²) in [5, 5.41) is 11.5. The molecule has 0 aromatic carbocycles. The molecule has 3 N–H and O–H groups in total. The van der Waals surface area contributed by atoms with Crippen molar-refractivity contribution in [1.29, 1.82) is 10.0 Å². The average Bonchev–Trinajstić information content (AvgIpc) is 2.94. The molecule has 0 fully saturated rings. The molecule has 10 heteroatoms. The van der Waals surface area contributed by atoms with Gasteiger partial charge in [0.25, 0.3) is 5.91 Å². The van der Waals surface area contributed by atoms with Gasteiger partial charge in [-0.1, -0.05) is 20.3 Å². The highest BCUT2D eigenvalue weighted by Gasteiger charge is 2.32. The molecule has 2 aromatic heterocycles. The van der Waals surface area contributed by atoms with Crippen LogP contribution in [0.5, 0.6) is 0 Å². The minimum Gasteiger partial charge on any atom is -0.345 e. The van der Waals surface area contributed by atoms with Crippen LogP contribution in [0.2, 0.25) is 0 Å². The molecule has 0 saturated carbocycles. The van der Waals surface area contributed by atoms with Crippen LogP contribution in [0.4, 0.5) is 10.1 Å². The fourth-order valence-electron chi connectivity index (χ4n) is 3.57. The van der Waals surface area contributed by atoms with Crippen LogP contribution in [0.15, 0.2) is 23.2 Å². The third-order valence-electron chi connectivity index (χ3n) is 5.29. The molecule has 8 nitrogen and oxygen atoms in total. The summed E-state index contributed by atoms with van der Waals surface area (Å²) in [7, 11) is -1.63. The smallest absolute Gasteiger partial charge is 0.272 e. The molecule has 1 aliphatic rings. The standard InChI is InChI=1S/C19H23FN6O2S/c1-4-11(2)15-6-5-14-16(29(22,28)25-15)10-26(3)18(14)19(27)24-12-7-13(9-21)23-17(20)8-12/h7-8,10-11,15H,4-6H2,1-3H3,(H2,22,25,28)(H,23,24,27)/t11-,15-,29?/m0/s1. The van der Waals surface area contributed by atoms with Crippen LogP contribution in [0.1, 0.15) is 48.4 Å². The Morgan fingerprint density at radius 1 is 1.59 bits per heavy atom. The van der Waals surface area contributed by atoms with Crippen molar-refractivity contribution in [1.82, 2.24) is 14.3 Å². The number of amides is 1. The SMILES string of the molecule is CC[C@H](C)[C@@H]1CCc2c(cn(C)c2C(=O)Nc2cc(F)nc(C#N)c2)S(=N)(=O)N1. The molecule has 154 valence electrons. The zero-order valence-electron chi connectivity index (χ0n) is 16.5. The first-order chi connectivity index (χ1) is 13.7. The van der Waals surface area contributed by atoms with E-state index in [1.165, 1.54) is 10.6 Å². The largest absolute Gasteiger partial charge is 0.345 e. The van der Waals surface area contributed by atoms with E-state index < -0.39 is 21.8 Å². The van der Waals surface area contributed by atoms with Gasteiger partial charge in [0.15, 0.2) is 0 Å². The van der Waals surface area contributed by atoms with E-state index in [1.807, 2.05) is 13.8 Å². The van der Waals surface area contributed by atoms with Gasteiger partial charge in [0.2, 0.25) is 5.95 Å². The number of hydrogen-bond acceptors (Lipinski definition) is 5. The van der Waals surface area contributed by atoms with Crippen LogP contribution in [-0.2, 0) is 23.4 Å². The maximum atomic E-state index is 13.6. The predicted molar refractivity (Wildman–Crippen MR) is 106 cm³/mol. The van der Waals surface area contributed by atoms with E-state index in [1.54, 1.807) is 19.3 Å². The second-order valence-corrected chi connectivity index (χ2v) is 9.05. The monoisotopic (exact) mass is 418 g/mol. The van der Waals surface area contributed by atoms with Gasteiger partial charge in [0.1, 0.15) is 27.4 Å². The van der Waals surface area contributed by atoms with Gasteiger partial charge in [-0.3, -0.25) is 4.79 Å². The third-order valence-corrected chi connectivity index (χ3v) is 6.90. The number of carbonyl (C=O) groups excluding carboxylic acids is 1. The highest BCUT2D eigenvalue weighted by molar-refractivity contribution is 7.90. The van der Waals surface area contributed by atoms with E-state index in [4.69, 9.17) is 10.0 Å². The number of pyridine rings is 1. The Labute approximate surface area is 169 Å². The van der Waals surface area contributed by atoms with Crippen molar-refractivity contribution in [3.63, 3.8) is 0 Å². The van der Waals surface area contributed by atoms with Crippen molar-refractivity contribution < 1.29 is 13.4 Å². The quantitative estimate of drug-likeness (QED) is 0.660. The molecule has 0 bridgehead atoms. The normalized spacial score (nSPS) is 22.2. The van der Waals surface area contributed by atoms with Crippen molar-refractivity contribution in [3.8, 4) is 6.07 Å². The van der Waals surface area contributed by atoms with Gasteiger partial charge >= 0.3 is 0 Å². The van der Waals surface area contributed by atoms with Crippen LogP contribution in [-0.4, -0.2) is 25.7 Å². The topological polar surface area (TPSA) is 124 Å². The van der Waals surface area contributed by atoms with Gasteiger partial charge in [0.05, 0.1) is 4.90 Å². The Morgan fingerprint density at radius 2 is 2.31 bits per heavy atom.